The number of aryl methyl sites for hydroxylation is 1. The lowest BCUT2D eigenvalue weighted by Crippen LogP contribution is -2.56. The maximum atomic E-state index is 6.20. The van der Waals surface area contributed by atoms with E-state index in [4.69, 9.17) is 4.74 Å². The van der Waals surface area contributed by atoms with Gasteiger partial charge in [0.05, 0.1) is 6.61 Å². The van der Waals surface area contributed by atoms with Crippen LogP contribution in [0.2, 0.25) is 0 Å². The molecule has 2 fully saturated rings. The highest BCUT2D eigenvalue weighted by Crippen LogP contribution is 2.37. The van der Waals surface area contributed by atoms with Gasteiger partial charge in [-0.25, -0.2) is 0 Å². The van der Waals surface area contributed by atoms with E-state index in [2.05, 4.69) is 31.3 Å². The second kappa shape index (κ2) is 5.55. The van der Waals surface area contributed by atoms with Crippen LogP contribution in [-0.4, -0.2) is 18.7 Å². The largest absolute Gasteiger partial charge is 0.369 e. The van der Waals surface area contributed by atoms with Crippen molar-refractivity contribution in [2.24, 2.45) is 5.92 Å². The zero-order valence-corrected chi connectivity index (χ0v) is 12.9. The zero-order chi connectivity index (χ0) is 13.3. The molecule has 2 heterocycles. The molecule has 106 valence electrons. The Labute approximate surface area is 120 Å². The number of nitrogens with one attached hydrogen (secondary N) is 1. The minimum absolute atomic E-state index is 0.273. The number of morpholine rings is 1. The molecule has 1 N–H and O–H groups in total. The molecule has 1 aliphatic carbocycles. The van der Waals surface area contributed by atoms with Crippen molar-refractivity contribution in [3.8, 4) is 0 Å². The molecule has 2 nitrogen and oxygen atoms in total. The SMILES string of the molecule is CCc1ccc(C2CNC3(CCC(C)CC3)CO2)s1. The van der Waals surface area contributed by atoms with Crippen molar-refractivity contribution in [2.75, 3.05) is 13.2 Å². The van der Waals surface area contributed by atoms with Gasteiger partial charge in [0.2, 0.25) is 0 Å². The van der Waals surface area contributed by atoms with Gasteiger partial charge in [-0.15, -0.1) is 11.3 Å². The number of thiophene rings is 1. The Morgan fingerprint density at radius 3 is 2.74 bits per heavy atom. The Morgan fingerprint density at radius 1 is 1.37 bits per heavy atom. The Bertz CT molecular complexity index is 410. The summed E-state index contributed by atoms with van der Waals surface area (Å²) in [6, 6.07) is 4.49. The molecule has 0 bridgehead atoms. The van der Waals surface area contributed by atoms with Crippen molar-refractivity contribution in [1.29, 1.82) is 0 Å². The van der Waals surface area contributed by atoms with Gasteiger partial charge in [-0.2, -0.15) is 0 Å². The number of hydrogen-bond donors (Lipinski definition) is 1. The van der Waals surface area contributed by atoms with E-state index in [1.807, 2.05) is 11.3 Å². The number of rotatable bonds is 2. The average Bonchev–Trinajstić information content (AvgIpc) is 2.92. The van der Waals surface area contributed by atoms with Crippen LogP contribution >= 0.6 is 11.3 Å². The average molecular weight is 279 g/mol. The normalized spacial score (nSPS) is 35.7. The van der Waals surface area contributed by atoms with E-state index in [1.54, 1.807) is 0 Å². The maximum absolute atomic E-state index is 6.20. The van der Waals surface area contributed by atoms with Crippen LogP contribution in [0.15, 0.2) is 12.1 Å². The van der Waals surface area contributed by atoms with E-state index in [1.165, 1.54) is 35.4 Å². The molecule has 3 heteroatoms. The molecule has 1 spiro atoms. The van der Waals surface area contributed by atoms with E-state index in [0.717, 1.165) is 25.5 Å². The van der Waals surface area contributed by atoms with Crippen molar-refractivity contribution >= 4 is 11.3 Å². The van der Waals surface area contributed by atoms with Crippen LogP contribution in [0, 0.1) is 5.92 Å². The lowest BCUT2D eigenvalue weighted by atomic mass is 9.77. The van der Waals surface area contributed by atoms with Crippen LogP contribution in [0.3, 0.4) is 0 Å². The fourth-order valence-corrected chi connectivity index (χ4v) is 4.26. The van der Waals surface area contributed by atoms with Gasteiger partial charge >= 0.3 is 0 Å². The summed E-state index contributed by atoms with van der Waals surface area (Å²) in [5, 5.41) is 3.81. The highest BCUT2D eigenvalue weighted by atomic mass is 32.1. The first-order valence-corrected chi connectivity index (χ1v) is 8.48. The second-order valence-electron chi connectivity index (χ2n) is 6.30. The second-order valence-corrected chi connectivity index (χ2v) is 7.50. The summed E-state index contributed by atoms with van der Waals surface area (Å²) in [6.07, 6.45) is 6.67. The summed E-state index contributed by atoms with van der Waals surface area (Å²) in [6.45, 7) is 6.47. The van der Waals surface area contributed by atoms with Crippen molar-refractivity contribution < 1.29 is 4.74 Å². The van der Waals surface area contributed by atoms with E-state index < -0.39 is 0 Å². The quantitative estimate of drug-likeness (QED) is 0.886. The molecule has 0 radical (unpaired) electrons. The molecule has 0 amide bonds. The molecule has 1 aliphatic heterocycles. The van der Waals surface area contributed by atoms with E-state index >= 15 is 0 Å². The summed E-state index contributed by atoms with van der Waals surface area (Å²) in [4.78, 5) is 2.86. The van der Waals surface area contributed by atoms with Gasteiger partial charge in [-0.05, 0) is 50.2 Å². The molecule has 3 rings (SSSR count). The first kappa shape index (κ1) is 13.6. The van der Waals surface area contributed by atoms with E-state index in [9.17, 15) is 0 Å². The molecular weight excluding hydrogens is 254 g/mol. The summed E-state index contributed by atoms with van der Waals surface area (Å²) in [5.74, 6) is 0.898. The summed E-state index contributed by atoms with van der Waals surface area (Å²) >= 11 is 1.91. The third-order valence-corrected chi connectivity index (χ3v) is 6.12. The van der Waals surface area contributed by atoms with Gasteiger partial charge in [0.15, 0.2) is 0 Å². The van der Waals surface area contributed by atoms with E-state index in [0.29, 0.717) is 0 Å². The molecule has 1 aromatic heterocycles. The van der Waals surface area contributed by atoms with Crippen molar-refractivity contribution in [3.05, 3.63) is 21.9 Å². The summed E-state index contributed by atoms with van der Waals surface area (Å²) in [7, 11) is 0. The Kier molecular flexibility index (Phi) is 3.97. The van der Waals surface area contributed by atoms with Crippen LogP contribution in [0.5, 0.6) is 0 Å². The van der Waals surface area contributed by atoms with Gasteiger partial charge < -0.3 is 10.1 Å². The smallest absolute Gasteiger partial charge is 0.104 e. The molecule has 1 atom stereocenters. The predicted molar refractivity (Wildman–Crippen MR) is 80.8 cm³/mol. The zero-order valence-electron chi connectivity index (χ0n) is 12.1. The Balaban J connectivity index is 1.60. The third-order valence-electron chi connectivity index (χ3n) is 4.80. The van der Waals surface area contributed by atoms with Gasteiger partial charge in [-0.1, -0.05) is 13.8 Å². The molecule has 19 heavy (non-hydrogen) atoms. The maximum Gasteiger partial charge on any atom is 0.104 e. The van der Waals surface area contributed by atoms with Crippen LogP contribution in [0.4, 0.5) is 0 Å². The molecule has 0 aromatic carbocycles. The molecule has 1 aromatic rings. The summed E-state index contributed by atoms with van der Waals surface area (Å²) < 4.78 is 6.20. The molecule has 1 unspecified atom stereocenters. The van der Waals surface area contributed by atoms with Gasteiger partial charge in [0.25, 0.3) is 0 Å². The minimum atomic E-state index is 0.273. The van der Waals surface area contributed by atoms with Crippen LogP contribution in [0.1, 0.15) is 55.4 Å². The first-order valence-electron chi connectivity index (χ1n) is 7.66. The Hall–Kier alpha value is -0.380. The Morgan fingerprint density at radius 2 is 2.16 bits per heavy atom. The van der Waals surface area contributed by atoms with Crippen LogP contribution in [-0.2, 0) is 11.2 Å². The van der Waals surface area contributed by atoms with Crippen LogP contribution < -0.4 is 5.32 Å². The minimum Gasteiger partial charge on any atom is -0.369 e. The highest BCUT2D eigenvalue weighted by Gasteiger charge is 2.38. The molecular formula is C16H25NOS. The third kappa shape index (κ3) is 2.88. The molecule has 2 aliphatic rings. The predicted octanol–water partition coefficient (Wildman–Crippen LogP) is 3.92. The van der Waals surface area contributed by atoms with Crippen LogP contribution in [0.25, 0.3) is 0 Å². The molecule has 1 saturated heterocycles. The fourth-order valence-electron chi connectivity index (χ4n) is 3.26. The fraction of sp³-hybridized carbons (Fsp3) is 0.750. The number of ether oxygens (including phenoxy) is 1. The van der Waals surface area contributed by atoms with Gasteiger partial charge in [-0.3, -0.25) is 0 Å². The first-order chi connectivity index (χ1) is 9.21. The van der Waals surface area contributed by atoms with Gasteiger partial charge in [0.1, 0.15) is 6.10 Å². The monoisotopic (exact) mass is 279 g/mol. The lowest BCUT2D eigenvalue weighted by Gasteiger charge is -2.45. The lowest BCUT2D eigenvalue weighted by molar-refractivity contribution is -0.0489. The van der Waals surface area contributed by atoms with E-state index in [-0.39, 0.29) is 11.6 Å². The van der Waals surface area contributed by atoms with Gasteiger partial charge in [0, 0.05) is 21.8 Å². The number of hydrogen-bond acceptors (Lipinski definition) is 3. The highest BCUT2D eigenvalue weighted by molar-refractivity contribution is 7.12. The molecule has 1 saturated carbocycles. The van der Waals surface area contributed by atoms with Crippen molar-refractivity contribution in [1.82, 2.24) is 5.32 Å². The topological polar surface area (TPSA) is 21.3 Å². The standard InChI is InChI=1S/C16H25NOS/c1-3-13-4-5-15(19-13)14-10-17-16(11-18-14)8-6-12(2)7-9-16/h4-5,12,14,17H,3,6-11H2,1-2H3. The summed E-state index contributed by atoms with van der Waals surface area (Å²) in [5.41, 5.74) is 0.286. The van der Waals surface area contributed by atoms with Crippen molar-refractivity contribution in [2.45, 2.75) is 57.6 Å². The van der Waals surface area contributed by atoms with Crippen molar-refractivity contribution in [3.63, 3.8) is 0 Å².